The third-order valence-electron chi connectivity index (χ3n) is 5.10. The van der Waals surface area contributed by atoms with Crippen molar-refractivity contribution in [1.82, 2.24) is 5.43 Å². The molecule has 0 aliphatic carbocycles. The number of hydrogen-bond donors (Lipinski definition) is 2. The summed E-state index contributed by atoms with van der Waals surface area (Å²) in [6, 6.07) is 26.5. The average molecular weight is 554 g/mol. The summed E-state index contributed by atoms with van der Waals surface area (Å²) >= 11 is 11.8. The summed E-state index contributed by atoms with van der Waals surface area (Å²) in [6.45, 7) is 0.372. The van der Waals surface area contributed by atoms with Gasteiger partial charge in [-0.15, -0.1) is 0 Å². The molecule has 0 spiro atoms. The van der Waals surface area contributed by atoms with Crippen LogP contribution in [0.25, 0.3) is 0 Å². The van der Waals surface area contributed by atoms with Crippen LogP contribution in [-0.2, 0) is 16.6 Å². The molecule has 0 unspecified atom stereocenters. The first-order valence-electron chi connectivity index (χ1n) is 11.0. The molecule has 2 N–H and O–H groups in total. The molecule has 0 saturated carbocycles. The number of hydrazone groups is 1. The second-order valence-electron chi connectivity index (χ2n) is 7.79. The van der Waals surface area contributed by atoms with Crippen LogP contribution >= 0.6 is 23.2 Å². The van der Waals surface area contributed by atoms with E-state index < -0.39 is 15.9 Å². The van der Waals surface area contributed by atoms with Gasteiger partial charge in [-0.25, -0.2) is 13.8 Å². The molecule has 37 heavy (non-hydrogen) atoms. The van der Waals surface area contributed by atoms with Gasteiger partial charge in [0.25, 0.3) is 15.9 Å². The Kier molecular flexibility index (Phi) is 8.45. The molecule has 4 aromatic carbocycles. The quantitative estimate of drug-likeness (QED) is 0.192. The Balaban J connectivity index is 1.40. The minimum atomic E-state index is -3.93. The van der Waals surface area contributed by atoms with Gasteiger partial charge in [0.1, 0.15) is 12.4 Å². The summed E-state index contributed by atoms with van der Waals surface area (Å²) in [6.07, 6.45) is 1.47. The van der Waals surface area contributed by atoms with Crippen molar-refractivity contribution in [2.45, 2.75) is 11.5 Å². The second-order valence-corrected chi connectivity index (χ2v) is 10.3. The zero-order chi connectivity index (χ0) is 26.3. The molecule has 0 fully saturated rings. The maximum atomic E-state index is 12.8. The molecule has 188 valence electrons. The van der Waals surface area contributed by atoms with E-state index in [0.29, 0.717) is 28.0 Å². The molecule has 0 aliphatic rings. The average Bonchev–Trinajstić information content (AvgIpc) is 2.89. The Morgan fingerprint density at radius 3 is 2.27 bits per heavy atom. The standard InChI is InChI=1S/C27H21Cl2N3O4S/c28-21-10-8-19(9-11-21)18-36-23-5-3-4-20(16-23)17-30-31-27(33)25-6-1-2-7-26(25)32-37(34,35)24-14-12-22(29)13-15-24/h1-17,32H,18H2,(H,31,33)/b30-17+. The van der Waals surface area contributed by atoms with Crippen molar-refractivity contribution >= 4 is 51.0 Å². The molecule has 0 radical (unpaired) electrons. The highest BCUT2D eigenvalue weighted by molar-refractivity contribution is 7.92. The molecule has 4 rings (SSSR count). The van der Waals surface area contributed by atoms with Gasteiger partial charge in [0.15, 0.2) is 0 Å². The Labute approximate surface area is 224 Å². The molecule has 10 heteroatoms. The number of nitrogens with one attached hydrogen (secondary N) is 2. The van der Waals surface area contributed by atoms with Crippen LogP contribution in [0.1, 0.15) is 21.5 Å². The van der Waals surface area contributed by atoms with Gasteiger partial charge in [0, 0.05) is 10.0 Å². The van der Waals surface area contributed by atoms with Crippen LogP contribution < -0.4 is 14.9 Å². The second kappa shape index (κ2) is 11.9. The van der Waals surface area contributed by atoms with E-state index >= 15 is 0 Å². The van der Waals surface area contributed by atoms with Gasteiger partial charge in [-0.05, 0) is 71.8 Å². The normalized spacial score (nSPS) is 11.3. The Morgan fingerprint density at radius 2 is 1.54 bits per heavy atom. The zero-order valence-electron chi connectivity index (χ0n) is 19.3. The predicted octanol–water partition coefficient (Wildman–Crippen LogP) is 6.14. The first-order chi connectivity index (χ1) is 17.8. The highest BCUT2D eigenvalue weighted by atomic mass is 35.5. The largest absolute Gasteiger partial charge is 0.489 e. The maximum absolute atomic E-state index is 12.8. The van der Waals surface area contributed by atoms with Gasteiger partial charge in [-0.3, -0.25) is 9.52 Å². The topological polar surface area (TPSA) is 96.9 Å². The van der Waals surface area contributed by atoms with E-state index in [9.17, 15) is 13.2 Å². The van der Waals surface area contributed by atoms with Crippen LogP contribution in [-0.4, -0.2) is 20.5 Å². The highest BCUT2D eigenvalue weighted by Crippen LogP contribution is 2.21. The van der Waals surface area contributed by atoms with Crippen LogP contribution in [0.5, 0.6) is 5.75 Å². The minimum absolute atomic E-state index is 0.0169. The number of rotatable bonds is 9. The van der Waals surface area contributed by atoms with Crippen LogP contribution in [0, 0.1) is 0 Å². The molecule has 1 amide bonds. The lowest BCUT2D eigenvalue weighted by atomic mass is 10.2. The van der Waals surface area contributed by atoms with Gasteiger partial charge < -0.3 is 4.74 Å². The number of carbonyl (C=O) groups excluding carboxylic acids is 1. The summed E-state index contributed by atoms with van der Waals surface area (Å²) in [5, 5.41) is 5.08. The van der Waals surface area contributed by atoms with Crippen molar-refractivity contribution < 1.29 is 17.9 Å². The first-order valence-corrected chi connectivity index (χ1v) is 13.2. The number of halogens is 2. The molecular formula is C27H21Cl2N3O4S. The highest BCUT2D eigenvalue weighted by Gasteiger charge is 2.18. The van der Waals surface area contributed by atoms with E-state index in [2.05, 4.69) is 15.2 Å². The number of anilines is 1. The lowest BCUT2D eigenvalue weighted by molar-refractivity contribution is 0.0956. The molecule has 7 nitrogen and oxygen atoms in total. The number of hydrogen-bond acceptors (Lipinski definition) is 5. The monoisotopic (exact) mass is 553 g/mol. The van der Waals surface area contributed by atoms with Crippen LogP contribution in [0.2, 0.25) is 10.0 Å². The van der Waals surface area contributed by atoms with Gasteiger partial charge in [-0.1, -0.05) is 59.6 Å². The SMILES string of the molecule is O=C(N/N=C/c1cccc(OCc2ccc(Cl)cc2)c1)c1ccccc1NS(=O)(=O)c1ccc(Cl)cc1. The summed E-state index contributed by atoms with van der Waals surface area (Å²) < 4.78 is 33.7. The summed E-state index contributed by atoms with van der Waals surface area (Å²) in [4.78, 5) is 12.8. The Bertz CT molecular complexity index is 1520. The number of sulfonamides is 1. The zero-order valence-corrected chi connectivity index (χ0v) is 21.6. The smallest absolute Gasteiger partial charge is 0.273 e. The number of nitrogens with zero attached hydrogens (tertiary/aromatic N) is 1. The fourth-order valence-corrected chi connectivity index (χ4v) is 4.58. The molecule has 0 heterocycles. The van der Waals surface area contributed by atoms with Gasteiger partial charge >= 0.3 is 0 Å². The van der Waals surface area contributed by atoms with Crippen molar-refractivity contribution in [3.8, 4) is 5.75 Å². The van der Waals surface area contributed by atoms with Gasteiger partial charge in [0.2, 0.25) is 0 Å². The molecule has 0 bridgehead atoms. The van der Waals surface area contributed by atoms with Crippen molar-refractivity contribution in [1.29, 1.82) is 0 Å². The Morgan fingerprint density at radius 1 is 0.865 bits per heavy atom. The third-order valence-corrected chi connectivity index (χ3v) is 6.98. The molecular weight excluding hydrogens is 533 g/mol. The molecule has 4 aromatic rings. The van der Waals surface area contributed by atoms with Crippen molar-refractivity contribution in [3.05, 3.63) is 124 Å². The lowest BCUT2D eigenvalue weighted by Gasteiger charge is -2.12. The van der Waals surface area contributed by atoms with Crippen molar-refractivity contribution in [2.75, 3.05) is 4.72 Å². The number of amides is 1. The number of benzene rings is 4. The third kappa shape index (κ3) is 7.33. The summed E-state index contributed by atoms with van der Waals surface area (Å²) in [5.41, 5.74) is 4.32. The fourth-order valence-electron chi connectivity index (χ4n) is 3.25. The van der Waals surface area contributed by atoms with E-state index in [0.717, 1.165) is 5.56 Å². The maximum Gasteiger partial charge on any atom is 0.273 e. The summed E-state index contributed by atoms with van der Waals surface area (Å²) in [7, 11) is -3.93. The first kappa shape index (κ1) is 26.2. The van der Waals surface area contributed by atoms with Crippen LogP contribution in [0.4, 0.5) is 5.69 Å². The lowest BCUT2D eigenvalue weighted by Crippen LogP contribution is -2.21. The van der Waals surface area contributed by atoms with E-state index in [-0.39, 0.29) is 16.1 Å². The van der Waals surface area contributed by atoms with Gasteiger partial charge in [-0.2, -0.15) is 5.10 Å². The Hall–Kier alpha value is -3.85. The number of para-hydroxylation sites is 1. The van der Waals surface area contributed by atoms with Crippen molar-refractivity contribution in [2.24, 2.45) is 5.10 Å². The van der Waals surface area contributed by atoms with Crippen molar-refractivity contribution in [3.63, 3.8) is 0 Å². The minimum Gasteiger partial charge on any atom is -0.489 e. The number of carbonyl (C=O) groups is 1. The molecule has 0 atom stereocenters. The number of ether oxygens (including phenoxy) is 1. The van der Waals surface area contributed by atoms with E-state index in [1.807, 2.05) is 18.2 Å². The van der Waals surface area contributed by atoms with Crippen LogP contribution in [0.15, 0.2) is 107 Å². The van der Waals surface area contributed by atoms with Crippen LogP contribution in [0.3, 0.4) is 0 Å². The van der Waals surface area contributed by atoms with E-state index in [1.165, 1.54) is 42.6 Å². The summed E-state index contributed by atoms with van der Waals surface area (Å²) in [5.74, 6) is 0.0491. The van der Waals surface area contributed by atoms with E-state index in [4.69, 9.17) is 27.9 Å². The van der Waals surface area contributed by atoms with E-state index in [1.54, 1.807) is 42.5 Å². The predicted molar refractivity (Wildman–Crippen MR) is 146 cm³/mol. The van der Waals surface area contributed by atoms with Gasteiger partial charge in [0.05, 0.1) is 22.4 Å². The molecule has 0 saturated heterocycles. The fraction of sp³-hybridized carbons (Fsp3) is 0.0370. The molecule has 0 aromatic heterocycles. The molecule has 0 aliphatic heterocycles.